The Kier molecular flexibility index (Phi) is 7.17. The predicted molar refractivity (Wildman–Crippen MR) is 91.6 cm³/mol. The molecule has 21 heavy (non-hydrogen) atoms. The van der Waals surface area contributed by atoms with Crippen molar-refractivity contribution in [1.82, 2.24) is 10.2 Å². The predicted octanol–water partition coefficient (Wildman–Crippen LogP) is 3.60. The van der Waals surface area contributed by atoms with Crippen molar-refractivity contribution < 1.29 is 4.74 Å². The topological polar surface area (TPSA) is 24.5 Å². The summed E-state index contributed by atoms with van der Waals surface area (Å²) in [6.45, 7) is 9.59. The van der Waals surface area contributed by atoms with Crippen LogP contribution in [0.25, 0.3) is 0 Å². The van der Waals surface area contributed by atoms with Crippen LogP contribution in [0.4, 0.5) is 0 Å². The van der Waals surface area contributed by atoms with Gasteiger partial charge in [-0.25, -0.2) is 0 Å². The third-order valence-electron chi connectivity index (χ3n) is 3.99. The van der Waals surface area contributed by atoms with E-state index in [4.69, 9.17) is 4.74 Å². The Labute approximate surface area is 137 Å². The average Bonchev–Trinajstić information content (AvgIpc) is 2.69. The first-order valence-corrected chi connectivity index (χ1v) is 8.81. The molecule has 3 nitrogen and oxygen atoms in total. The van der Waals surface area contributed by atoms with Crippen LogP contribution >= 0.6 is 15.9 Å². The summed E-state index contributed by atoms with van der Waals surface area (Å²) in [6.07, 6.45) is 2.65. The SMILES string of the molecule is CCNC(CCN1CCCOC(C)C1)c1ccc(Br)cc1. The van der Waals surface area contributed by atoms with Crippen molar-refractivity contribution in [1.29, 1.82) is 0 Å². The Bertz CT molecular complexity index is 410. The molecule has 1 aliphatic rings. The lowest BCUT2D eigenvalue weighted by Crippen LogP contribution is -2.33. The molecule has 1 aromatic rings. The molecule has 2 rings (SSSR count). The first-order valence-electron chi connectivity index (χ1n) is 8.02. The van der Waals surface area contributed by atoms with Crippen LogP contribution in [0.5, 0.6) is 0 Å². The third-order valence-corrected chi connectivity index (χ3v) is 4.52. The number of rotatable bonds is 6. The van der Waals surface area contributed by atoms with E-state index in [2.05, 4.69) is 64.3 Å². The standard InChI is InChI=1S/C17H27BrN2O/c1-3-19-17(15-5-7-16(18)8-6-15)9-11-20-10-4-12-21-14(2)13-20/h5-8,14,17,19H,3-4,9-13H2,1-2H3. The molecule has 0 aliphatic carbocycles. The van der Waals surface area contributed by atoms with E-state index < -0.39 is 0 Å². The summed E-state index contributed by atoms with van der Waals surface area (Å²) in [4.78, 5) is 2.54. The maximum atomic E-state index is 5.72. The molecule has 1 aliphatic heterocycles. The minimum absolute atomic E-state index is 0.359. The first-order chi connectivity index (χ1) is 10.2. The minimum Gasteiger partial charge on any atom is -0.377 e. The second-order valence-corrected chi connectivity index (χ2v) is 6.70. The highest BCUT2D eigenvalue weighted by atomic mass is 79.9. The van der Waals surface area contributed by atoms with Gasteiger partial charge in [0, 0.05) is 36.8 Å². The van der Waals surface area contributed by atoms with E-state index >= 15 is 0 Å². The van der Waals surface area contributed by atoms with Gasteiger partial charge in [0.05, 0.1) is 6.10 Å². The quantitative estimate of drug-likeness (QED) is 0.844. The van der Waals surface area contributed by atoms with E-state index in [0.717, 1.165) is 50.1 Å². The molecule has 0 amide bonds. The summed E-state index contributed by atoms with van der Waals surface area (Å²) < 4.78 is 6.86. The number of nitrogens with zero attached hydrogens (tertiary/aromatic N) is 1. The Hall–Kier alpha value is -0.420. The minimum atomic E-state index is 0.359. The van der Waals surface area contributed by atoms with Crippen LogP contribution in [0.3, 0.4) is 0 Å². The van der Waals surface area contributed by atoms with Crippen molar-refractivity contribution in [3.05, 3.63) is 34.3 Å². The van der Waals surface area contributed by atoms with Gasteiger partial charge in [-0.2, -0.15) is 0 Å². The van der Waals surface area contributed by atoms with Gasteiger partial charge in [-0.1, -0.05) is 35.0 Å². The third kappa shape index (κ3) is 5.70. The molecule has 0 bridgehead atoms. The van der Waals surface area contributed by atoms with E-state index in [1.165, 1.54) is 5.56 Å². The first kappa shape index (κ1) is 16.9. The van der Waals surface area contributed by atoms with E-state index in [9.17, 15) is 0 Å². The van der Waals surface area contributed by atoms with E-state index in [-0.39, 0.29) is 0 Å². The fourth-order valence-corrected chi connectivity index (χ4v) is 3.19. The summed E-state index contributed by atoms with van der Waals surface area (Å²) in [6, 6.07) is 9.11. The summed E-state index contributed by atoms with van der Waals surface area (Å²) in [7, 11) is 0. The fraction of sp³-hybridized carbons (Fsp3) is 0.647. The molecule has 1 N–H and O–H groups in total. The zero-order valence-electron chi connectivity index (χ0n) is 13.1. The van der Waals surface area contributed by atoms with E-state index in [1.54, 1.807) is 0 Å². The highest BCUT2D eigenvalue weighted by Gasteiger charge is 2.17. The number of hydrogen-bond donors (Lipinski definition) is 1. The van der Waals surface area contributed by atoms with Crippen LogP contribution in [0.2, 0.25) is 0 Å². The van der Waals surface area contributed by atoms with Gasteiger partial charge in [0.2, 0.25) is 0 Å². The highest BCUT2D eigenvalue weighted by molar-refractivity contribution is 9.10. The summed E-state index contributed by atoms with van der Waals surface area (Å²) in [5.74, 6) is 0. The molecule has 2 atom stereocenters. The van der Waals surface area contributed by atoms with Gasteiger partial charge in [0.1, 0.15) is 0 Å². The molecule has 1 saturated heterocycles. The Morgan fingerprint density at radius 3 is 2.86 bits per heavy atom. The number of benzene rings is 1. The Morgan fingerprint density at radius 2 is 2.14 bits per heavy atom. The van der Waals surface area contributed by atoms with Crippen molar-refractivity contribution >= 4 is 15.9 Å². The van der Waals surface area contributed by atoms with Crippen LogP contribution in [-0.4, -0.2) is 43.8 Å². The largest absolute Gasteiger partial charge is 0.377 e. The molecule has 0 saturated carbocycles. The van der Waals surface area contributed by atoms with Gasteiger partial charge < -0.3 is 15.0 Å². The van der Waals surface area contributed by atoms with Crippen molar-refractivity contribution in [2.75, 3.05) is 32.8 Å². The Balaban J connectivity index is 1.91. The van der Waals surface area contributed by atoms with Crippen molar-refractivity contribution in [3.63, 3.8) is 0 Å². The van der Waals surface area contributed by atoms with Crippen molar-refractivity contribution in [3.8, 4) is 0 Å². The van der Waals surface area contributed by atoms with Gasteiger partial charge in [-0.05, 0) is 44.0 Å². The van der Waals surface area contributed by atoms with Crippen LogP contribution < -0.4 is 5.32 Å². The maximum absolute atomic E-state index is 5.72. The number of nitrogens with one attached hydrogen (secondary N) is 1. The monoisotopic (exact) mass is 354 g/mol. The molecule has 1 fully saturated rings. The number of halogens is 1. The lowest BCUT2D eigenvalue weighted by Gasteiger charge is -2.25. The van der Waals surface area contributed by atoms with Crippen LogP contribution in [0.15, 0.2) is 28.7 Å². The second kappa shape index (κ2) is 8.89. The van der Waals surface area contributed by atoms with Gasteiger partial charge in [-0.15, -0.1) is 0 Å². The van der Waals surface area contributed by atoms with Gasteiger partial charge in [0.15, 0.2) is 0 Å². The normalized spacial score (nSPS) is 22.0. The molecule has 2 unspecified atom stereocenters. The molecule has 0 aromatic heterocycles. The lowest BCUT2D eigenvalue weighted by atomic mass is 10.0. The molecular weight excluding hydrogens is 328 g/mol. The fourth-order valence-electron chi connectivity index (χ4n) is 2.92. The molecule has 1 heterocycles. The van der Waals surface area contributed by atoms with Gasteiger partial charge in [-0.3, -0.25) is 0 Å². The molecule has 0 radical (unpaired) electrons. The van der Waals surface area contributed by atoms with Gasteiger partial charge >= 0.3 is 0 Å². The zero-order chi connectivity index (χ0) is 15.1. The maximum Gasteiger partial charge on any atom is 0.0673 e. The Morgan fingerprint density at radius 1 is 1.38 bits per heavy atom. The lowest BCUT2D eigenvalue weighted by molar-refractivity contribution is 0.0672. The molecular formula is C17H27BrN2O. The summed E-state index contributed by atoms with van der Waals surface area (Å²) in [5.41, 5.74) is 1.37. The molecule has 0 spiro atoms. The zero-order valence-corrected chi connectivity index (χ0v) is 14.7. The van der Waals surface area contributed by atoms with Crippen LogP contribution in [-0.2, 0) is 4.74 Å². The number of ether oxygens (including phenoxy) is 1. The van der Waals surface area contributed by atoms with Crippen LogP contribution in [0, 0.1) is 0 Å². The highest BCUT2D eigenvalue weighted by Crippen LogP contribution is 2.20. The van der Waals surface area contributed by atoms with Crippen LogP contribution in [0.1, 0.15) is 38.3 Å². The smallest absolute Gasteiger partial charge is 0.0673 e. The van der Waals surface area contributed by atoms with Gasteiger partial charge in [0.25, 0.3) is 0 Å². The average molecular weight is 355 g/mol. The number of hydrogen-bond acceptors (Lipinski definition) is 3. The summed E-state index contributed by atoms with van der Waals surface area (Å²) >= 11 is 3.51. The van der Waals surface area contributed by atoms with Crippen molar-refractivity contribution in [2.45, 2.75) is 38.8 Å². The van der Waals surface area contributed by atoms with Crippen molar-refractivity contribution in [2.24, 2.45) is 0 Å². The van der Waals surface area contributed by atoms with E-state index in [0.29, 0.717) is 12.1 Å². The van der Waals surface area contributed by atoms with E-state index in [1.807, 2.05) is 0 Å². The molecule has 4 heteroatoms. The molecule has 1 aromatic carbocycles. The molecule has 118 valence electrons. The second-order valence-electron chi connectivity index (χ2n) is 5.79. The summed E-state index contributed by atoms with van der Waals surface area (Å²) in [5, 5.41) is 3.61.